The number of nitrogens with one attached hydrogen (secondary N) is 1. The number of hydrogen-bond acceptors (Lipinski definition) is 6. The van der Waals surface area contributed by atoms with Gasteiger partial charge in [-0.3, -0.25) is 15.0 Å². The summed E-state index contributed by atoms with van der Waals surface area (Å²) < 4.78 is 5.29. The zero-order chi connectivity index (χ0) is 19.3. The molecule has 0 bridgehead atoms. The minimum Gasteiger partial charge on any atom is -0.443 e. The maximum Gasteiger partial charge on any atom is 0.415 e. The number of nitrogens with zero attached hydrogens (tertiary/aromatic N) is 3. The summed E-state index contributed by atoms with van der Waals surface area (Å²) in [6.07, 6.45) is 0.539. The van der Waals surface area contributed by atoms with Crippen LogP contribution in [0.3, 0.4) is 0 Å². The lowest BCUT2D eigenvalue weighted by Gasteiger charge is -2.24. The molecule has 0 aliphatic carbocycles. The summed E-state index contributed by atoms with van der Waals surface area (Å²) in [5.41, 5.74) is 0.433. The van der Waals surface area contributed by atoms with Gasteiger partial charge in [0.05, 0.1) is 4.92 Å². The van der Waals surface area contributed by atoms with Crippen LogP contribution in [0.15, 0.2) is 42.6 Å². The number of amides is 1. The second-order valence-corrected chi connectivity index (χ2v) is 6.70. The predicted molar refractivity (Wildman–Crippen MR) is 99.3 cm³/mol. The SMILES string of the molecule is CN(C(=O)OC(C)(C)C)c1cc(NCc2ccccc2)c([N+](=O)[O-])cn1. The van der Waals surface area contributed by atoms with E-state index in [1.165, 1.54) is 18.0 Å². The Bertz CT molecular complexity index is 788. The first kappa shape index (κ1) is 19.2. The average molecular weight is 358 g/mol. The summed E-state index contributed by atoms with van der Waals surface area (Å²) in [6, 6.07) is 11.0. The fourth-order valence-corrected chi connectivity index (χ4v) is 2.12. The summed E-state index contributed by atoms with van der Waals surface area (Å²) >= 11 is 0. The quantitative estimate of drug-likeness (QED) is 0.641. The highest BCUT2D eigenvalue weighted by Crippen LogP contribution is 2.28. The molecular weight excluding hydrogens is 336 g/mol. The Morgan fingerprint density at radius 2 is 1.96 bits per heavy atom. The monoisotopic (exact) mass is 358 g/mol. The van der Waals surface area contributed by atoms with Crippen LogP contribution in [-0.2, 0) is 11.3 Å². The summed E-state index contributed by atoms with van der Waals surface area (Å²) in [4.78, 5) is 28.1. The van der Waals surface area contributed by atoms with Crippen LogP contribution in [0.25, 0.3) is 0 Å². The summed E-state index contributed by atoms with van der Waals surface area (Å²) in [7, 11) is 1.50. The van der Waals surface area contributed by atoms with Crippen molar-refractivity contribution in [1.29, 1.82) is 0 Å². The van der Waals surface area contributed by atoms with E-state index in [0.717, 1.165) is 11.8 Å². The molecule has 26 heavy (non-hydrogen) atoms. The number of anilines is 2. The van der Waals surface area contributed by atoms with Crippen molar-refractivity contribution in [3.8, 4) is 0 Å². The van der Waals surface area contributed by atoms with Crippen molar-refractivity contribution >= 4 is 23.3 Å². The molecule has 0 fully saturated rings. The Hall–Kier alpha value is -3.16. The lowest BCUT2D eigenvalue weighted by atomic mass is 10.2. The maximum absolute atomic E-state index is 12.2. The molecular formula is C18H22N4O4. The van der Waals surface area contributed by atoms with E-state index in [1.807, 2.05) is 30.3 Å². The standard InChI is InChI=1S/C18H22N4O4/c1-18(2,3)26-17(23)21(4)16-10-14(15(12-20-16)22(24)25)19-11-13-8-6-5-7-9-13/h5-10,12H,11H2,1-4H3,(H,19,20). The Kier molecular flexibility index (Phi) is 5.76. The number of carbonyl (C=O) groups excluding carboxylic acids is 1. The molecule has 1 aromatic heterocycles. The first-order valence-corrected chi connectivity index (χ1v) is 8.06. The van der Waals surface area contributed by atoms with Gasteiger partial charge in [-0.05, 0) is 26.3 Å². The van der Waals surface area contributed by atoms with E-state index in [9.17, 15) is 14.9 Å². The smallest absolute Gasteiger partial charge is 0.415 e. The minimum atomic E-state index is -0.652. The third-order valence-corrected chi connectivity index (χ3v) is 3.40. The number of benzene rings is 1. The molecule has 0 saturated heterocycles. The molecule has 2 rings (SSSR count). The second-order valence-electron chi connectivity index (χ2n) is 6.70. The second kappa shape index (κ2) is 7.81. The Balaban J connectivity index is 2.24. The molecule has 0 radical (unpaired) electrons. The number of pyridine rings is 1. The van der Waals surface area contributed by atoms with Gasteiger partial charge in [-0.2, -0.15) is 0 Å². The van der Waals surface area contributed by atoms with Gasteiger partial charge in [0.1, 0.15) is 23.3 Å². The van der Waals surface area contributed by atoms with Crippen LogP contribution in [-0.4, -0.2) is 28.6 Å². The molecule has 0 aliphatic rings. The average Bonchev–Trinajstić information content (AvgIpc) is 2.58. The molecule has 1 aromatic carbocycles. The highest BCUT2D eigenvalue weighted by molar-refractivity contribution is 5.87. The van der Waals surface area contributed by atoms with Crippen molar-refractivity contribution in [2.24, 2.45) is 0 Å². The van der Waals surface area contributed by atoms with Gasteiger partial charge in [0.25, 0.3) is 0 Å². The molecule has 2 aromatic rings. The van der Waals surface area contributed by atoms with Crippen LogP contribution in [0.4, 0.5) is 22.0 Å². The number of carbonyl (C=O) groups is 1. The number of aromatic nitrogens is 1. The van der Waals surface area contributed by atoms with Crippen LogP contribution >= 0.6 is 0 Å². The third-order valence-electron chi connectivity index (χ3n) is 3.40. The lowest BCUT2D eigenvalue weighted by molar-refractivity contribution is -0.384. The van der Waals surface area contributed by atoms with Gasteiger partial charge in [0.15, 0.2) is 0 Å². The normalized spacial score (nSPS) is 10.9. The maximum atomic E-state index is 12.2. The first-order chi connectivity index (χ1) is 12.2. The van der Waals surface area contributed by atoms with Crippen molar-refractivity contribution in [1.82, 2.24) is 4.98 Å². The molecule has 0 saturated carbocycles. The van der Waals surface area contributed by atoms with Crippen molar-refractivity contribution in [2.45, 2.75) is 32.9 Å². The molecule has 1 heterocycles. The highest BCUT2D eigenvalue weighted by atomic mass is 16.6. The molecule has 1 N–H and O–H groups in total. The van der Waals surface area contributed by atoms with Crippen LogP contribution < -0.4 is 10.2 Å². The van der Waals surface area contributed by atoms with Gasteiger partial charge in [-0.1, -0.05) is 30.3 Å². The molecule has 138 valence electrons. The van der Waals surface area contributed by atoms with Crippen LogP contribution in [0.1, 0.15) is 26.3 Å². The van der Waals surface area contributed by atoms with E-state index >= 15 is 0 Å². The van der Waals surface area contributed by atoms with Crippen molar-refractivity contribution < 1.29 is 14.5 Å². The largest absolute Gasteiger partial charge is 0.443 e. The van der Waals surface area contributed by atoms with Crippen LogP contribution in [0.2, 0.25) is 0 Å². The van der Waals surface area contributed by atoms with E-state index in [0.29, 0.717) is 6.54 Å². The van der Waals surface area contributed by atoms with Crippen molar-refractivity contribution in [2.75, 3.05) is 17.3 Å². The molecule has 1 amide bonds. The first-order valence-electron chi connectivity index (χ1n) is 8.06. The van der Waals surface area contributed by atoms with Gasteiger partial charge in [-0.25, -0.2) is 9.78 Å². The Morgan fingerprint density at radius 3 is 2.54 bits per heavy atom. The molecule has 0 unspecified atom stereocenters. The fourth-order valence-electron chi connectivity index (χ4n) is 2.12. The summed E-state index contributed by atoms with van der Waals surface area (Å²) in [6.45, 7) is 5.68. The Labute approximate surface area is 152 Å². The van der Waals surface area contributed by atoms with Gasteiger partial charge >= 0.3 is 11.8 Å². The molecule has 0 atom stereocenters. The van der Waals surface area contributed by atoms with Crippen LogP contribution in [0, 0.1) is 10.1 Å². The number of ether oxygens (including phenoxy) is 1. The van der Waals surface area contributed by atoms with E-state index in [4.69, 9.17) is 4.74 Å². The van der Waals surface area contributed by atoms with Crippen molar-refractivity contribution in [3.63, 3.8) is 0 Å². The zero-order valence-electron chi connectivity index (χ0n) is 15.2. The lowest BCUT2D eigenvalue weighted by Crippen LogP contribution is -2.34. The topological polar surface area (TPSA) is 97.6 Å². The zero-order valence-corrected chi connectivity index (χ0v) is 15.2. The highest BCUT2D eigenvalue weighted by Gasteiger charge is 2.23. The molecule has 0 aliphatic heterocycles. The molecule has 0 spiro atoms. The van der Waals surface area contributed by atoms with Gasteiger partial charge in [0, 0.05) is 19.7 Å². The van der Waals surface area contributed by atoms with Crippen LogP contribution in [0.5, 0.6) is 0 Å². The summed E-state index contributed by atoms with van der Waals surface area (Å²) in [5.74, 6) is 0.250. The molecule has 8 nitrogen and oxygen atoms in total. The number of hydrogen-bond donors (Lipinski definition) is 1. The minimum absolute atomic E-state index is 0.165. The van der Waals surface area contributed by atoms with Gasteiger partial charge in [0.2, 0.25) is 0 Å². The third kappa shape index (κ3) is 5.17. The van der Waals surface area contributed by atoms with E-state index in [1.54, 1.807) is 20.8 Å². The van der Waals surface area contributed by atoms with Gasteiger partial charge in [-0.15, -0.1) is 0 Å². The molecule has 8 heteroatoms. The summed E-state index contributed by atoms with van der Waals surface area (Å²) in [5, 5.41) is 14.3. The van der Waals surface area contributed by atoms with Gasteiger partial charge < -0.3 is 10.1 Å². The fraction of sp³-hybridized carbons (Fsp3) is 0.333. The van der Waals surface area contributed by atoms with Crippen molar-refractivity contribution in [3.05, 3.63) is 58.3 Å². The van der Waals surface area contributed by atoms with E-state index in [-0.39, 0.29) is 17.2 Å². The Morgan fingerprint density at radius 1 is 1.31 bits per heavy atom. The predicted octanol–water partition coefficient (Wildman–Crippen LogP) is 3.97. The van der Waals surface area contributed by atoms with E-state index in [2.05, 4.69) is 10.3 Å². The van der Waals surface area contributed by atoms with E-state index < -0.39 is 16.6 Å². The number of rotatable bonds is 5. The number of nitro groups is 1.